The lowest BCUT2D eigenvalue weighted by atomic mass is 9.96. The van der Waals surface area contributed by atoms with Gasteiger partial charge in [0.2, 0.25) is 0 Å². The molecule has 0 aliphatic carbocycles. The van der Waals surface area contributed by atoms with Gasteiger partial charge in [-0.05, 0) is 25.1 Å². The Bertz CT molecular complexity index is 437. The molecule has 0 spiro atoms. The Labute approximate surface area is 91.9 Å². The number of aliphatic hydroxyl groups is 1. The zero-order valence-corrected chi connectivity index (χ0v) is 8.77. The minimum absolute atomic E-state index is 0.0736. The first-order valence-corrected chi connectivity index (χ1v) is 4.89. The van der Waals surface area contributed by atoms with Crippen LogP contribution in [0.3, 0.4) is 0 Å². The molecule has 2 N–H and O–H groups in total. The number of rotatable bonds is 1. The SMILES string of the molecule is CC1(O)CN(C(=O)c2cc(F)ccc2O)C1. The fourth-order valence-electron chi connectivity index (χ4n) is 1.77. The number of amides is 1. The van der Waals surface area contributed by atoms with Crippen LogP contribution in [0.25, 0.3) is 0 Å². The van der Waals surface area contributed by atoms with Gasteiger partial charge in [0.15, 0.2) is 0 Å². The fraction of sp³-hybridized carbons (Fsp3) is 0.364. The van der Waals surface area contributed by atoms with Crippen molar-refractivity contribution in [2.75, 3.05) is 13.1 Å². The van der Waals surface area contributed by atoms with Gasteiger partial charge >= 0.3 is 0 Å². The molecule has 5 heteroatoms. The number of phenols is 1. The highest BCUT2D eigenvalue weighted by Crippen LogP contribution is 2.26. The van der Waals surface area contributed by atoms with Crippen molar-refractivity contribution in [2.45, 2.75) is 12.5 Å². The maximum absolute atomic E-state index is 12.9. The molecule has 1 aromatic carbocycles. The van der Waals surface area contributed by atoms with Crippen LogP contribution >= 0.6 is 0 Å². The van der Waals surface area contributed by atoms with Crippen LogP contribution in [0.15, 0.2) is 18.2 Å². The number of hydrogen-bond donors (Lipinski definition) is 2. The van der Waals surface area contributed by atoms with E-state index in [4.69, 9.17) is 0 Å². The predicted octanol–water partition coefficient (Wildman–Crippen LogP) is 0.738. The highest BCUT2D eigenvalue weighted by molar-refractivity contribution is 5.97. The highest BCUT2D eigenvalue weighted by atomic mass is 19.1. The predicted molar refractivity (Wildman–Crippen MR) is 54.6 cm³/mol. The average Bonchev–Trinajstić information content (AvgIpc) is 2.17. The van der Waals surface area contributed by atoms with E-state index in [1.54, 1.807) is 6.92 Å². The van der Waals surface area contributed by atoms with Gasteiger partial charge in [0.05, 0.1) is 24.3 Å². The molecule has 0 atom stereocenters. The van der Waals surface area contributed by atoms with Crippen molar-refractivity contribution in [1.82, 2.24) is 4.90 Å². The van der Waals surface area contributed by atoms with E-state index in [0.29, 0.717) is 0 Å². The Morgan fingerprint density at radius 2 is 2.12 bits per heavy atom. The van der Waals surface area contributed by atoms with Gasteiger partial charge in [0, 0.05) is 0 Å². The van der Waals surface area contributed by atoms with Crippen LogP contribution in [-0.4, -0.2) is 39.7 Å². The van der Waals surface area contributed by atoms with E-state index >= 15 is 0 Å². The quantitative estimate of drug-likeness (QED) is 0.741. The number of carbonyl (C=O) groups is 1. The smallest absolute Gasteiger partial charge is 0.257 e. The summed E-state index contributed by atoms with van der Waals surface area (Å²) in [7, 11) is 0. The molecule has 0 unspecified atom stereocenters. The summed E-state index contributed by atoms with van der Waals surface area (Å²) < 4.78 is 12.9. The molecule has 0 radical (unpaired) electrons. The molecular weight excluding hydrogens is 213 g/mol. The summed E-state index contributed by atoms with van der Waals surface area (Å²) in [5.74, 6) is -1.30. The van der Waals surface area contributed by atoms with Gasteiger partial charge in [-0.25, -0.2) is 4.39 Å². The van der Waals surface area contributed by atoms with Crippen molar-refractivity contribution in [3.8, 4) is 5.75 Å². The molecule has 16 heavy (non-hydrogen) atoms. The standard InChI is InChI=1S/C11H12FNO3/c1-11(16)5-13(6-11)10(15)8-4-7(12)2-3-9(8)14/h2-4,14,16H,5-6H2,1H3. The van der Waals surface area contributed by atoms with E-state index in [9.17, 15) is 19.4 Å². The third-order valence-electron chi connectivity index (χ3n) is 2.54. The van der Waals surface area contributed by atoms with E-state index < -0.39 is 17.3 Å². The average molecular weight is 225 g/mol. The molecule has 2 rings (SSSR count). The van der Waals surface area contributed by atoms with Gasteiger partial charge in [0.25, 0.3) is 5.91 Å². The molecule has 0 bridgehead atoms. The maximum atomic E-state index is 12.9. The Morgan fingerprint density at radius 3 is 2.69 bits per heavy atom. The molecule has 1 aliphatic heterocycles. The van der Waals surface area contributed by atoms with E-state index in [-0.39, 0.29) is 24.4 Å². The second-order valence-corrected chi connectivity index (χ2v) is 4.32. The van der Waals surface area contributed by atoms with Crippen molar-refractivity contribution in [1.29, 1.82) is 0 Å². The lowest BCUT2D eigenvalue weighted by Crippen LogP contribution is -2.61. The summed E-state index contributed by atoms with van der Waals surface area (Å²) in [6.07, 6.45) is 0. The summed E-state index contributed by atoms with van der Waals surface area (Å²) in [5, 5.41) is 18.9. The van der Waals surface area contributed by atoms with E-state index in [1.807, 2.05) is 0 Å². The molecule has 1 saturated heterocycles. The molecule has 1 amide bonds. The van der Waals surface area contributed by atoms with Gasteiger partial charge in [-0.1, -0.05) is 0 Å². The first kappa shape index (κ1) is 10.9. The van der Waals surface area contributed by atoms with Gasteiger partial charge < -0.3 is 15.1 Å². The Hall–Kier alpha value is -1.62. The van der Waals surface area contributed by atoms with Gasteiger partial charge in [0.1, 0.15) is 11.6 Å². The first-order valence-electron chi connectivity index (χ1n) is 4.89. The zero-order valence-electron chi connectivity index (χ0n) is 8.77. The molecule has 1 heterocycles. The fourth-order valence-corrected chi connectivity index (χ4v) is 1.77. The molecule has 0 aromatic heterocycles. The van der Waals surface area contributed by atoms with Crippen LogP contribution in [0.4, 0.5) is 4.39 Å². The number of nitrogens with zero attached hydrogens (tertiary/aromatic N) is 1. The zero-order chi connectivity index (χ0) is 11.9. The lowest BCUT2D eigenvalue weighted by Gasteiger charge is -2.44. The van der Waals surface area contributed by atoms with Crippen LogP contribution in [0, 0.1) is 5.82 Å². The number of phenolic OH excluding ortho intramolecular Hbond substituents is 1. The number of benzene rings is 1. The summed E-state index contributed by atoms with van der Waals surface area (Å²) >= 11 is 0. The first-order chi connectivity index (χ1) is 7.39. The van der Waals surface area contributed by atoms with E-state index in [1.165, 1.54) is 4.90 Å². The largest absolute Gasteiger partial charge is 0.507 e. The topological polar surface area (TPSA) is 60.8 Å². The van der Waals surface area contributed by atoms with Gasteiger partial charge in [-0.15, -0.1) is 0 Å². The Morgan fingerprint density at radius 1 is 1.50 bits per heavy atom. The second-order valence-electron chi connectivity index (χ2n) is 4.32. The van der Waals surface area contributed by atoms with Crippen LogP contribution < -0.4 is 0 Å². The van der Waals surface area contributed by atoms with Crippen molar-refractivity contribution in [3.05, 3.63) is 29.6 Å². The van der Waals surface area contributed by atoms with Crippen molar-refractivity contribution in [3.63, 3.8) is 0 Å². The Kier molecular flexibility index (Phi) is 2.35. The normalized spacial score (nSPS) is 18.1. The van der Waals surface area contributed by atoms with Crippen molar-refractivity contribution in [2.24, 2.45) is 0 Å². The minimum atomic E-state index is -0.876. The summed E-state index contributed by atoms with van der Waals surface area (Å²) in [6.45, 7) is 2.01. The molecule has 0 saturated carbocycles. The number of β-amino-alcohol motifs (C(OH)–C–C–N with tert-alkyl or cyclic N) is 1. The molecular formula is C11H12FNO3. The van der Waals surface area contributed by atoms with Crippen molar-refractivity contribution >= 4 is 5.91 Å². The number of carbonyl (C=O) groups excluding carboxylic acids is 1. The third kappa shape index (κ3) is 1.86. The summed E-state index contributed by atoms with van der Waals surface area (Å²) in [5.41, 5.74) is -0.950. The molecule has 1 aliphatic rings. The summed E-state index contributed by atoms with van der Waals surface area (Å²) in [6, 6.07) is 3.21. The number of aromatic hydroxyl groups is 1. The lowest BCUT2D eigenvalue weighted by molar-refractivity contribution is -0.0669. The Balaban J connectivity index is 2.19. The number of hydrogen-bond acceptors (Lipinski definition) is 3. The monoisotopic (exact) mass is 225 g/mol. The van der Waals surface area contributed by atoms with Crippen LogP contribution in [0.2, 0.25) is 0 Å². The van der Waals surface area contributed by atoms with E-state index in [0.717, 1.165) is 18.2 Å². The maximum Gasteiger partial charge on any atom is 0.257 e. The number of halogens is 1. The minimum Gasteiger partial charge on any atom is -0.507 e. The van der Waals surface area contributed by atoms with Gasteiger partial charge in [-0.3, -0.25) is 4.79 Å². The van der Waals surface area contributed by atoms with Gasteiger partial charge in [-0.2, -0.15) is 0 Å². The number of likely N-dealkylation sites (tertiary alicyclic amines) is 1. The van der Waals surface area contributed by atoms with E-state index in [2.05, 4.69) is 0 Å². The van der Waals surface area contributed by atoms with Crippen LogP contribution in [0.5, 0.6) is 5.75 Å². The molecule has 1 aromatic rings. The molecule has 86 valence electrons. The third-order valence-corrected chi connectivity index (χ3v) is 2.54. The van der Waals surface area contributed by atoms with Crippen LogP contribution in [-0.2, 0) is 0 Å². The second kappa shape index (κ2) is 3.45. The summed E-state index contributed by atoms with van der Waals surface area (Å²) in [4.78, 5) is 13.1. The van der Waals surface area contributed by atoms with Crippen molar-refractivity contribution < 1.29 is 19.4 Å². The highest BCUT2D eigenvalue weighted by Gasteiger charge is 2.40. The molecule has 1 fully saturated rings. The van der Waals surface area contributed by atoms with Crippen LogP contribution in [0.1, 0.15) is 17.3 Å². The molecule has 4 nitrogen and oxygen atoms in total.